The summed E-state index contributed by atoms with van der Waals surface area (Å²) in [6, 6.07) is 0. The summed E-state index contributed by atoms with van der Waals surface area (Å²) in [6.45, 7) is 0.896. The second-order valence-electron chi connectivity index (χ2n) is 4.37. The molecule has 1 saturated carbocycles. The molecule has 0 aromatic rings. The van der Waals surface area contributed by atoms with Gasteiger partial charge in [-0.3, -0.25) is 4.79 Å². The van der Waals surface area contributed by atoms with E-state index >= 15 is 0 Å². The summed E-state index contributed by atoms with van der Waals surface area (Å²) in [5.41, 5.74) is -0.611. The molecule has 3 nitrogen and oxygen atoms in total. The van der Waals surface area contributed by atoms with E-state index in [0.29, 0.717) is 0 Å². The Kier molecular flexibility index (Phi) is 3.02. The molecule has 0 aromatic heterocycles. The van der Waals surface area contributed by atoms with Crippen LogP contribution in [0.2, 0.25) is 0 Å². The van der Waals surface area contributed by atoms with Crippen molar-refractivity contribution in [3.63, 3.8) is 0 Å². The van der Waals surface area contributed by atoms with Gasteiger partial charge in [0.15, 0.2) is 0 Å². The molecule has 0 aromatic carbocycles. The van der Waals surface area contributed by atoms with E-state index in [0.717, 1.165) is 30.4 Å². The summed E-state index contributed by atoms with van der Waals surface area (Å²) in [4.78, 5) is 11.2. The van der Waals surface area contributed by atoms with Crippen LogP contribution in [-0.2, 0) is 4.79 Å². The normalized spacial score (nSPS) is 32.9. The first-order valence-electron chi connectivity index (χ1n) is 5.29. The number of carbonyl (C=O) groups is 1. The predicted molar refractivity (Wildman–Crippen MR) is 57.7 cm³/mol. The minimum absolute atomic E-state index is 0.611. The number of carboxylic acids is 1. The van der Waals surface area contributed by atoms with E-state index in [1.807, 2.05) is 0 Å². The third kappa shape index (κ3) is 1.91. The SMILES string of the molecule is O=C(O)C1(NCC2CCC2)CCSC1. The summed E-state index contributed by atoms with van der Waals surface area (Å²) in [5.74, 6) is 1.78. The average Bonchev–Trinajstić information content (AvgIpc) is 2.51. The van der Waals surface area contributed by atoms with Gasteiger partial charge in [0.25, 0.3) is 0 Å². The van der Waals surface area contributed by atoms with Crippen molar-refractivity contribution in [3.8, 4) is 0 Å². The molecule has 80 valence electrons. The van der Waals surface area contributed by atoms with Crippen molar-refractivity contribution in [3.05, 3.63) is 0 Å². The van der Waals surface area contributed by atoms with Crippen molar-refractivity contribution in [2.45, 2.75) is 31.2 Å². The van der Waals surface area contributed by atoms with E-state index in [4.69, 9.17) is 0 Å². The fourth-order valence-corrected chi connectivity index (χ4v) is 3.34. The lowest BCUT2D eigenvalue weighted by Crippen LogP contribution is -2.54. The predicted octanol–water partition coefficient (Wildman–Crippen LogP) is 1.34. The lowest BCUT2D eigenvalue weighted by Gasteiger charge is -2.31. The van der Waals surface area contributed by atoms with Gasteiger partial charge in [-0.2, -0.15) is 11.8 Å². The Balaban J connectivity index is 1.86. The standard InChI is InChI=1S/C10H17NO2S/c12-9(13)10(4-5-14-7-10)11-6-8-2-1-3-8/h8,11H,1-7H2,(H,12,13). The fourth-order valence-electron chi connectivity index (χ4n) is 1.99. The second-order valence-corrected chi connectivity index (χ2v) is 5.47. The van der Waals surface area contributed by atoms with Gasteiger partial charge in [-0.15, -0.1) is 0 Å². The van der Waals surface area contributed by atoms with Crippen molar-refractivity contribution in [2.75, 3.05) is 18.1 Å². The van der Waals surface area contributed by atoms with Crippen LogP contribution in [0.15, 0.2) is 0 Å². The van der Waals surface area contributed by atoms with E-state index in [2.05, 4.69) is 5.32 Å². The molecule has 2 rings (SSSR count). The summed E-state index contributed by atoms with van der Waals surface area (Å²) in [5, 5.41) is 12.5. The first kappa shape index (κ1) is 10.3. The summed E-state index contributed by atoms with van der Waals surface area (Å²) in [7, 11) is 0. The molecule has 1 atom stereocenters. The molecule has 0 amide bonds. The van der Waals surface area contributed by atoms with Crippen LogP contribution in [0, 0.1) is 5.92 Å². The van der Waals surface area contributed by atoms with Gasteiger partial charge in [-0.05, 0) is 37.5 Å². The highest BCUT2D eigenvalue weighted by atomic mass is 32.2. The molecule has 1 heterocycles. The largest absolute Gasteiger partial charge is 0.480 e. The van der Waals surface area contributed by atoms with Gasteiger partial charge in [0.2, 0.25) is 0 Å². The van der Waals surface area contributed by atoms with Crippen LogP contribution >= 0.6 is 11.8 Å². The molecular formula is C10H17NO2S. The van der Waals surface area contributed by atoms with Crippen molar-refractivity contribution < 1.29 is 9.90 Å². The first-order valence-corrected chi connectivity index (χ1v) is 6.45. The first-order chi connectivity index (χ1) is 6.73. The fraction of sp³-hybridized carbons (Fsp3) is 0.900. The van der Waals surface area contributed by atoms with Gasteiger partial charge >= 0.3 is 5.97 Å². The van der Waals surface area contributed by atoms with Gasteiger partial charge in [0.05, 0.1) is 0 Å². The number of nitrogens with one attached hydrogen (secondary N) is 1. The minimum Gasteiger partial charge on any atom is -0.480 e. The van der Waals surface area contributed by atoms with Gasteiger partial charge in [-0.25, -0.2) is 0 Å². The minimum atomic E-state index is -0.665. The Morgan fingerprint density at radius 3 is 2.79 bits per heavy atom. The molecule has 1 unspecified atom stereocenters. The molecule has 4 heteroatoms. The van der Waals surface area contributed by atoms with Gasteiger partial charge in [0.1, 0.15) is 5.54 Å². The number of rotatable bonds is 4. The second kappa shape index (κ2) is 4.11. The van der Waals surface area contributed by atoms with Gasteiger partial charge in [-0.1, -0.05) is 6.42 Å². The van der Waals surface area contributed by atoms with Crippen LogP contribution in [-0.4, -0.2) is 34.7 Å². The maximum absolute atomic E-state index is 11.2. The number of aliphatic carboxylic acids is 1. The molecule has 0 radical (unpaired) electrons. The third-order valence-electron chi connectivity index (χ3n) is 3.38. The highest BCUT2D eigenvalue weighted by Gasteiger charge is 2.41. The number of thioether (sulfide) groups is 1. The van der Waals surface area contributed by atoms with Crippen LogP contribution in [0.25, 0.3) is 0 Å². The number of carboxylic acid groups (broad SMARTS) is 1. The molecule has 0 spiro atoms. The number of hydrogen-bond acceptors (Lipinski definition) is 3. The van der Waals surface area contributed by atoms with Crippen molar-refractivity contribution >= 4 is 17.7 Å². The Morgan fingerprint density at radius 2 is 2.36 bits per heavy atom. The van der Waals surface area contributed by atoms with Crippen molar-refractivity contribution in [2.24, 2.45) is 5.92 Å². The summed E-state index contributed by atoms with van der Waals surface area (Å²) >= 11 is 1.74. The Bertz CT molecular complexity index is 222. The van der Waals surface area contributed by atoms with E-state index < -0.39 is 11.5 Å². The molecule has 0 bridgehead atoms. The highest BCUT2D eigenvalue weighted by Crippen LogP contribution is 2.30. The molecule has 2 fully saturated rings. The average molecular weight is 215 g/mol. The van der Waals surface area contributed by atoms with Gasteiger partial charge < -0.3 is 10.4 Å². The van der Waals surface area contributed by atoms with Crippen LogP contribution in [0.1, 0.15) is 25.7 Å². The van der Waals surface area contributed by atoms with E-state index in [9.17, 15) is 9.90 Å². The van der Waals surface area contributed by atoms with Crippen LogP contribution in [0.5, 0.6) is 0 Å². The lowest BCUT2D eigenvalue weighted by atomic mass is 9.84. The molecule has 1 aliphatic heterocycles. The monoisotopic (exact) mass is 215 g/mol. The van der Waals surface area contributed by atoms with Crippen LogP contribution < -0.4 is 5.32 Å². The Labute approximate surface area is 88.6 Å². The van der Waals surface area contributed by atoms with Crippen molar-refractivity contribution in [1.29, 1.82) is 0 Å². The summed E-state index contributed by atoms with van der Waals surface area (Å²) < 4.78 is 0. The van der Waals surface area contributed by atoms with Gasteiger partial charge in [0, 0.05) is 5.75 Å². The van der Waals surface area contributed by atoms with E-state index in [-0.39, 0.29) is 0 Å². The zero-order chi connectivity index (χ0) is 10.0. The molecule has 2 aliphatic rings. The molecule has 2 N–H and O–H groups in total. The van der Waals surface area contributed by atoms with Crippen LogP contribution in [0.3, 0.4) is 0 Å². The Morgan fingerprint density at radius 1 is 1.57 bits per heavy atom. The van der Waals surface area contributed by atoms with E-state index in [1.54, 1.807) is 11.8 Å². The topological polar surface area (TPSA) is 49.3 Å². The smallest absolute Gasteiger partial charge is 0.324 e. The molecule has 14 heavy (non-hydrogen) atoms. The Hall–Kier alpha value is -0.220. The zero-order valence-electron chi connectivity index (χ0n) is 8.29. The number of hydrogen-bond donors (Lipinski definition) is 2. The van der Waals surface area contributed by atoms with E-state index in [1.165, 1.54) is 19.3 Å². The molecule has 1 aliphatic carbocycles. The maximum Gasteiger partial charge on any atom is 0.324 e. The highest BCUT2D eigenvalue weighted by molar-refractivity contribution is 7.99. The zero-order valence-corrected chi connectivity index (χ0v) is 9.11. The lowest BCUT2D eigenvalue weighted by molar-refractivity contribution is -0.143. The quantitative estimate of drug-likeness (QED) is 0.743. The van der Waals surface area contributed by atoms with Crippen LogP contribution in [0.4, 0.5) is 0 Å². The summed E-state index contributed by atoms with van der Waals surface area (Å²) in [6.07, 6.45) is 4.65. The molecule has 1 saturated heterocycles. The third-order valence-corrected chi connectivity index (χ3v) is 4.57. The molecular weight excluding hydrogens is 198 g/mol. The van der Waals surface area contributed by atoms with Crippen molar-refractivity contribution in [1.82, 2.24) is 5.32 Å². The maximum atomic E-state index is 11.2.